The number of fused-ring (bicyclic) bond motifs is 1. The van der Waals surface area contributed by atoms with Crippen LogP contribution in [0, 0.1) is 0 Å². The van der Waals surface area contributed by atoms with Crippen LogP contribution in [0.2, 0.25) is 0 Å². The number of aromatic nitrogens is 1. The Labute approximate surface area is 111 Å². The Morgan fingerprint density at radius 1 is 1.26 bits per heavy atom. The molecule has 0 unspecified atom stereocenters. The highest BCUT2D eigenvalue weighted by Gasteiger charge is 2.16. The summed E-state index contributed by atoms with van der Waals surface area (Å²) >= 11 is 0. The third-order valence-electron chi connectivity index (χ3n) is 2.91. The Hall–Kier alpha value is -2.43. The number of para-hydroxylation sites is 1. The molecule has 0 aliphatic carbocycles. The zero-order valence-electron chi connectivity index (χ0n) is 10.6. The Bertz CT molecular complexity index is 569. The van der Waals surface area contributed by atoms with E-state index in [-0.39, 0.29) is 6.79 Å². The van der Waals surface area contributed by atoms with E-state index in [9.17, 15) is 0 Å². The van der Waals surface area contributed by atoms with E-state index in [1.165, 1.54) is 0 Å². The van der Waals surface area contributed by atoms with Crippen molar-refractivity contribution >= 4 is 5.82 Å². The average Bonchev–Trinajstić information content (AvgIpc) is 2.94. The normalized spacial score (nSPS) is 12.3. The first-order valence-corrected chi connectivity index (χ1v) is 5.98. The predicted molar refractivity (Wildman–Crippen MR) is 70.7 cm³/mol. The number of rotatable bonds is 4. The summed E-state index contributed by atoms with van der Waals surface area (Å²) in [5.74, 6) is 3.13. The van der Waals surface area contributed by atoms with Crippen molar-refractivity contribution < 1.29 is 14.2 Å². The minimum absolute atomic E-state index is 0.285. The SMILES string of the molecule is COc1ccc(NCc2cccc3c2OCO3)nc1. The molecule has 0 atom stereocenters. The van der Waals surface area contributed by atoms with Crippen LogP contribution in [0.25, 0.3) is 0 Å². The van der Waals surface area contributed by atoms with Gasteiger partial charge in [0, 0.05) is 12.1 Å². The molecule has 0 fully saturated rings. The molecular formula is C14H14N2O3. The van der Waals surface area contributed by atoms with E-state index in [1.54, 1.807) is 13.3 Å². The van der Waals surface area contributed by atoms with Crippen LogP contribution in [0.5, 0.6) is 17.2 Å². The molecule has 1 aliphatic rings. The molecule has 0 bridgehead atoms. The number of ether oxygens (including phenoxy) is 3. The molecule has 19 heavy (non-hydrogen) atoms. The van der Waals surface area contributed by atoms with Crippen LogP contribution in [0.15, 0.2) is 36.5 Å². The molecule has 5 nitrogen and oxygen atoms in total. The second kappa shape index (κ2) is 5.06. The number of anilines is 1. The van der Waals surface area contributed by atoms with Crippen molar-refractivity contribution in [3.05, 3.63) is 42.1 Å². The second-order valence-electron chi connectivity index (χ2n) is 4.09. The highest BCUT2D eigenvalue weighted by molar-refractivity contribution is 5.49. The van der Waals surface area contributed by atoms with Gasteiger partial charge in [0.2, 0.25) is 6.79 Å². The quantitative estimate of drug-likeness (QED) is 0.912. The summed E-state index contributed by atoms with van der Waals surface area (Å²) in [6, 6.07) is 9.59. The first kappa shape index (κ1) is 11.6. The number of benzene rings is 1. The second-order valence-corrected chi connectivity index (χ2v) is 4.09. The van der Waals surface area contributed by atoms with Gasteiger partial charge in [-0.15, -0.1) is 0 Å². The van der Waals surface area contributed by atoms with E-state index in [0.717, 1.165) is 28.6 Å². The summed E-state index contributed by atoms with van der Waals surface area (Å²) in [7, 11) is 1.62. The van der Waals surface area contributed by atoms with Crippen LogP contribution in [-0.4, -0.2) is 18.9 Å². The molecule has 1 aromatic heterocycles. The van der Waals surface area contributed by atoms with Gasteiger partial charge in [0.25, 0.3) is 0 Å². The van der Waals surface area contributed by atoms with Crippen molar-refractivity contribution in [2.75, 3.05) is 19.2 Å². The van der Waals surface area contributed by atoms with Gasteiger partial charge in [-0.05, 0) is 18.2 Å². The molecule has 2 aromatic rings. The molecule has 98 valence electrons. The summed E-state index contributed by atoms with van der Waals surface area (Å²) in [4.78, 5) is 4.25. The fourth-order valence-electron chi connectivity index (χ4n) is 1.92. The molecule has 1 aromatic carbocycles. The fraction of sp³-hybridized carbons (Fsp3) is 0.214. The number of nitrogens with zero attached hydrogens (tertiary/aromatic N) is 1. The van der Waals surface area contributed by atoms with Crippen molar-refractivity contribution in [2.24, 2.45) is 0 Å². The molecule has 0 amide bonds. The maximum Gasteiger partial charge on any atom is 0.231 e. The van der Waals surface area contributed by atoms with E-state index in [0.29, 0.717) is 6.54 Å². The topological polar surface area (TPSA) is 52.6 Å². The Morgan fingerprint density at radius 2 is 2.21 bits per heavy atom. The fourth-order valence-corrected chi connectivity index (χ4v) is 1.92. The van der Waals surface area contributed by atoms with Crippen LogP contribution >= 0.6 is 0 Å². The number of pyridine rings is 1. The molecule has 1 aliphatic heterocycles. The smallest absolute Gasteiger partial charge is 0.231 e. The molecule has 3 rings (SSSR count). The van der Waals surface area contributed by atoms with Gasteiger partial charge in [-0.3, -0.25) is 0 Å². The van der Waals surface area contributed by atoms with E-state index in [2.05, 4.69) is 10.3 Å². The van der Waals surface area contributed by atoms with Gasteiger partial charge in [0.1, 0.15) is 11.6 Å². The van der Waals surface area contributed by atoms with E-state index in [4.69, 9.17) is 14.2 Å². The highest BCUT2D eigenvalue weighted by atomic mass is 16.7. The summed E-state index contributed by atoms with van der Waals surface area (Å²) in [6.07, 6.45) is 1.68. The van der Waals surface area contributed by atoms with Gasteiger partial charge in [-0.25, -0.2) is 4.98 Å². The van der Waals surface area contributed by atoms with Gasteiger partial charge in [-0.1, -0.05) is 12.1 Å². The molecule has 0 saturated heterocycles. The number of nitrogens with one attached hydrogen (secondary N) is 1. The van der Waals surface area contributed by atoms with Crippen LogP contribution < -0.4 is 19.5 Å². The van der Waals surface area contributed by atoms with Crippen LogP contribution in [0.4, 0.5) is 5.82 Å². The van der Waals surface area contributed by atoms with E-state index >= 15 is 0 Å². The van der Waals surface area contributed by atoms with Crippen LogP contribution in [-0.2, 0) is 6.54 Å². The standard InChI is InChI=1S/C14H14N2O3/c1-17-11-5-6-13(16-8-11)15-7-10-3-2-4-12-14(10)19-9-18-12/h2-6,8H,7,9H2,1H3,(H,15,16). The maximum atomic E-state index is 5.45. The van der Waals surface area contributed by atoms with Crippen molar-refractivity contribution in [3.8, 4) is 17.2 Å². The molecule has 1 N–H and O–H groups in total. The van der Waals surface area contributed by atoms with Gasteiger partial charge >= 0.3 is 0 Å². The van der Waals surface area contributed by atoms with E-state index < -0.39 is 0 Å². The van der Waals surface area contributed by atoms with Crippen molar-refractivity contribution in [1.82, 2.24) is 4.98 Å². The summed E-state index contributed by atoms with van der Waals surface area (Å²) < 4.78 is 15.9. The van der Waals surface area contributed by atoms with Gasteiger partial charge in [0.05, 0.1) is 13.3 Å². The maximum absolute atomic E-state index is 5.45. The molecule has 0 spiro atoms. The van der Waals surface area contributed by atoms with Crippen LogP contribution in [0.1, 0.15) is 5.56 Å². The molecular weight excluding hydrogens is 244 g/mol. The Balaban J connectivity index is 1.70. The Kier molecular flexibility index (Phi) is 3.10. The van der Waals surface area contributed by atoms with Crippen molar-refractivity contribution in [1.29, 1.82) is 0 Å². The first-order valence-electron chi connectivity index (χ1n) is 5.98. The highest BCUT2D eigenvalue weighted by Crippen LogP contribution is 2.35. The number of methoxy groups -OCH3 is 1. The number of hydrogen-bond donors (Lipinski definition) is 1. The van der Waals surface area contributed by atoms with Gasteiger partial charge in [-0.2, -0.15) is 0 Å². The lowest BCUT2D eigenvalue weighted by Gasteiger charge is -2.08. The monoisotopic (exact) mass is 258 g/mol. The summed E-state index contributed by atoms with van der Waals surface area (Å²) in [5, 5.41) is 3.24. The third-order valence-corrected chi connectivity index (χ3v) is 2.91. The van der Waals surface area contributed by atoms with E-state index in [1.807, 2.05) is 30.3 Å². The van der Waals surface area contributed by atoms with Crippen molar-refractivity contribution in [3.63, 3.8) is 0 Å². The lowest BCUT2D eigenvalue weighted by molar-refractivity contribution is 0.173. The third kappa shape index (κ3) is 2.40. The van der Waals surface area contributed by atoms with Gasteiger partial charge in [0.15, 0.2) is 11.5 Å². The average molecular weight is 258 g/mol. The molecule has 2 heterocycles. The minimum atomic E-state index is 0.285. The predicted octanol–water partition coefficient (Wildman–Crippen LogP) is 2.43. The minimum Gasteiger partial charge on any atom is -0.495 e. The molecule has 5 heteroatoms. The number of hydrogen-bond acceptors (Lipinski definition) is 5. The summed E-state index contributed by atoms with van der Waals surface area (Å²) in [5.41, 5.74) is 1.05. The summed E-state index contributed by atoms with van der Waals surface area (Å²) in [6.45, 7) is 0.916. The zero-order chi connectivity index (χ0) is 13.1. The zero-order valence-corrected chi connectivity index (χ0v) is 10.6. The van der Waals surface area contributed by atoms with Gasteiger partial charge < -0.3 is 19.5 Å². The molecule has 0 saturated carbocycles. The van der Waals surface area contributed by atoms with Crippen LogP contribution in [0.3, 0.4) is 0 Å². The lowest BCUT2D eigenvalue weighted by atomic mass is 10.2. The Morgan fingerprint density at radius 3 is 3.00 bits per heavy atom. The lowest BCUT2D eigenvalue weighted by Crippen LogP contribution is -2.02. The first-order chi connectivity index (χ1) is 9.36. The molecule has 0 radical (unpaired) electrons. The largest absolute Gasteiger partial charge is 0.495 e. The van der Waals surface area contributed by atoms with Crippen molar-refractivity contribution in [2.45, 2.75) is 6.54 Å².